The van der Waals surface area contributed by atoms with Crippen LogP contribution in [0.5, 0.6) is 5.75 Å². The molecule has 9 heteroatoms. The lowest BCUT2D eigenvalue weighted by atomic mass is 10.2. The smallest absolute Gasteiger partial charge is 0.342 e. The van der Waals surface area contributed by atoms with Gasteiger partial charge in [0.25, 0.3) is 11.5 Å². The number of hydrogen-bond donors (Lipinski definition) is 1. The number of carbonyl (C=O) groups excluding carboxylic acids is 2. The molecule has 0 aliphatic heterocycles. The second-order valence-corrected chi connectivity index (χ2v) is 7.97. The molecule has 1 N–H and O–H groups in total. The first-order valence-corrected chi connectivity index (χ1v) is 11.1. The van der Waals surface area contributed by atoms with Gasteiger partial charge in [-0.1, -0.05) is 42.5 Å². The van der Waals surface area contributed by atoms with Gasteiger partial charge in [-0.3, -0.25) is 14.3 Å². The fourth-order valence-corrected chi connectivity index (χ4v) is 3.60. The molecule has 0 fully saturated rings. The maximum atomic E-state index is 13.1. The van der Waals surface area contributed by atoms with Gasteiger partial charge >= 0.3 is 5.97 Å². The lowest BCUT2D eigenvalue weighted by Crippen LogP contribution is -2.26. The first kappa shape index (κ1) is 24.5. The van der Waals surface area contributed by atoms with Crippen LogP contribution in [-0.2, 0) is 23.2 Å². The minimum absolute atomic E-state index is 0.102. The molecule has 36 heavy (non-hydrogen) atoms. The average molecular weight is 490 g/mol. The highest BCUT2D eigenvalue weighted by Gasteiger charge is 2.20. The number of rotatable bonds is 8. The zero-order chi connectivity index (χ0) is 25.7. The molecule has 4 aromatic rings. The number of esters is 1. The average Bonchev–Trinajstić information content (AvgIpc) is 3.10. The van der Waals surface area contributed by atoms with E-state index in [9.17, 15) is 18.8 Å². The number of para-hydroxylation sites is 2. The van der Waals surface area contributed by atoms with Gasteiger partial charge in [0.1, 0.15) is 29.4 Å². The van der Waals surface area contributed by atoms with Crippen LogP contribution in [0.15, 0.2) is 83.7 Å². The van der Waals surface area contributed by atoms with Crippen LogP contribution in [0.25, 0.3) is 5.69 Å². The van der Waals surface area contributed by atoms with E-state index >= 15 is 0 Å². The lowest BCUT2D eigenvalue weighted by Gasteiger charge is -2.11. The van der Waals surface area contributed by atoms with Crippen molar-refractivity contribution in [3.63, 3.8) is 0 Å². The topological polar surface area (TPSA) is 91.6 Å². The summed E-state index contributed by atoms with van der Waals surface area (Å²) in [4.78, 5) is 38.1. The fourth-order valence-electron chi connectivity index (χ4n) is 3.60. The Labute approximate surface area is 206 Å². The lowest BCUT2D eigenvalue weighted by molar-refractivity contribution is -0.119. The number of halogens is 1. The maximum absolute atomic E-state index is 13.1. The van der Waals surface area contributed by atoms with Crippen molar-refractivity contribution in [3.8, 4) is 11.4 Å². The molecule has 0 aliphatic carbocycles. The number of nitrogens with zero attached hydrogens (tertiary/aromatic N) is 2. The Bertz CT molecular complexity index is 1440. The van der Waals surface area contributed by atoms with Crippen LogP contribution in [0.1, 0.15) is 21.6 Å². The van der Waals surface area contributed by atoms with E-state index in [1.54, 1.807) is 61.1 Å². The van der Waals surface area contributed by atoms with Gasteiger partial charge in [-0.2, -0.15) is 0 Å². The summed E-state index contributed by atoms with van der Waals surface area (Å²) in [6, 6.07) is 21.3. The van der Waals surface area contributed by atoms with Crippen molar-refractivity contribution in [3.05, 3.63) is 112 Å². The van der Waals surface area contributed by atoms with Gasteiger partial charge in [0.05, 0.1) is 11.4 Å². The first-order valence-electron chi connectivity index (χ1n) is 11.1. The third-order valence-electron chi connectivity index (χ3n) is 5.57. The zero-order valence-electron chi connectivity index (χ0n) is 19.7. The van der Waals surface area contributed by atoms with Gasteiger partial charge in [-0.25, -0.2) is 13.9 Å². The molecule has 1 amide bonds. The van der Waals surface area contributed by atoms with Crippen molar-refractivity contribution in [2.24, 2.45) is 7.05 Å². The molecule has 0 saturated carbocycles. The third-order valence-corrected chi connectivity index (χ3v) is 5.57. The van der Waals surface area contributed by atoms with Gasteiger partial charge in [-0.15, -0.1) is 0 Å². The van der Waals surface area contributed by atoms with E-state index in [1.165, 1.54) is 22.9 Å². The molecule has 0 bridgehead atoms. The van der Waals surface area contributed by atoms with E-state index in [4.69, 9.17) is 9.47 Å². The molecule has 4 rings (SSSR count). The van der Waals surface area contributed by atoms with Gasteiger partial charge < -0.3 is 14.8 Å². The van der Waals surface area contributed by atoms with Crippen LogP contribution >= 0.6 is 0 Å². The summed E-state index contributed by atoms with van der Waals surface area (Å²) in [6.45, 7) is 1.23. The second kappa shape index (κ2) is 10.7. The van der Waals surface area contributed by atoms with Crippen LogP contribution in [0, 0.1) is 12.7 Å². The van der Waals surface area contributed by atoms with Gasteiger partial charge in [0.15, 0.2) is 6.61 Å². The Hall–Kier alpha value is -4.66. The minimum Gasteiger partial charge on any atom is -0.488 e. The van der Waals surface area contributed by atoms with Crippen LogP contribution in [0.3, 0.4) is 0 Å². The number of amides is 1. The standard InChI is InChI=1S/C27H24FN3O5/c1-18-25(26(33)31(30(18)2)21-8-4-3-5-9-21)29-24(32)17-36-27(34)22-10-6-7-11-23(22)35-16-19-12-14-20(28)15-13-19/h3-15H,16-17H2,1-2H3,(H,29,32). The van der Waals surface area contributed by atoms with Crippen LogP contribution in [0.2, 0.25) is 0 Å². The summed E-state index contributed by atoms with van der Waals surface area (Å²) in [7, 11) is 1.71. The first-order chi connectivity index (χ1) is 17.3. The summed E-state index contributed by atoms with van der Waals surface area (Å²) >= 11 is 0. The molecule has 0 spiro atoms. The van der Waals surface area contributed by atoms with E-state index in [-0.39, 0.29) is 29.4 Å². The van der Waals surface area contributed by atoms with Crippen LogP contribution in [0.4, 0.5) is 10.1 Å². The fraction of sp³-hybridized carbons (Fsp3) is 0.148. The van der Waals surface area contributed by atoms with E-state index < -0.39 is 24.0 Å². The van der Waals surface area contributed by atoms with Gasteiger partial charge in [-0.05, 0) is 48.9 Å². The van der Waals surface area contributed by atoms with Crippen molar-refractivity contribution in [1.82, 2.24) is 9.36 Å². The van der Waals surface area contributed by atoms with Crippen molar-refractivity contribution in [2.75, 3.05) is 11.9 Å². The zero-order valence-corrected chi connectivity index (χ0v) is 19.7. The number of anilines is 1. The van der Waals surface area contributed by atoms with Crippen LogP contribution in [-0.4, -0.2) is 27.8 Å². The Morgan fingerprint density at radius 1 is 0.944 bits per heavy atom. The molecule has 1 heterocycles. The largest absolute Gasteiger partial charge is 0.488 e. The SMILES string of the molecule is Cc1c(NC(=O)COC(=O)c2ccccc2OCc2ccc(F)cc2)c(=O)n(-c2ccccc2)n1C. The highest BCUT2D eigenvalue weighted by Crippen LogP contribution is 2.21. The maximum Gasteiger partial charge on any atom is 0.342 e. The van der Waals surface area contributed by atoms with Crippen molar-refractivity contribution in [2.45, 2.75) is 13.5 Å². The quantitative estimate of drug-likeness (QED) is 0.378. The normalized spacial score (nSPS) is 10.6. The number of hydrogen-bond acceptors (Lipinski definition) is 5. The van der Waals surface area contributed by atoms with Crippen LogP contribution < -0.4 is 15.6 Å². The Morgan fingerprint density at radius 2 is 1.61 bits per heavy atom. The molecule has 3 aromatic carbocycles. The predicted octanol–water partition coefficient (Wildman–Crippen LogP) is 4.00. The number of benzene rings is 3. The molecule has 0 unspecified atom stereocenters. The summed E-state index contributed by atoms with van der Waals surface area (Å²) in [5.41, 5.74) is 1.75. The molecule has 0 atom stereocenters. The minimum atomic E-state index is -0.758. The monoisotopic (exact) mass is 489 g/mol. The Balaban J connectivity index is 1.41. The summed E-state index contributed by atoms with van der Waals surface area (Å²) < 4.78 is 27.0. The summed E-state index contributed by atoms with van der Waals surface area (Å²) in [5.74, 6) is -1.51. The van der Waals surface area contributed by atoms with E-state index in [1.807, 2.05) is 18.2 Å². The Morgan fingerprint density at radius 3 is 2.33 bits per heavy atom. The van der Waals surface area contributed by atoms with E-state index in [2.05, 4.69) is 5.32 Å². The third kappa shape index (κ3) is 5.35. The predicted molar refractivity (Wildman–Crippen MR) is 132 cm³/mol. The molecule has 8 nitrogen and oxygen atoms in total. The van der Waals surface area contributed by atoms with E-state index in [0.29, 0.717) is 11.4 Å². The number of aromatic nitrogens is 2. The van der Waals surface area contributed by atoms with Crippen molar-refractivity contribution in [1.29, 1.82) is 0 Å². The van der Waals surface area contributed by atoms with Crippen molar-refractivity contribution < 1.29 is 23.5 Å². The molecule has 1 aromatic heterocycles. The molecule has 0 radical (unpaired) electrons. The number of carbonyl (C=O) groups is 2. The van der Waals surface area contributed by atoms with Gasteiger partial charge in [0, 0.05) is 7.05 Å². The summed E-state index contributed by atoms with van der Waals surface area (Å²) in [6.07, 6.45) is 0. The van der Waals surface area contributed by atoms with Gasteiger partial charge in [0.2, 0.25) is 0 Å². The highest BCUT2D eigenvalue weighted by molar-refractivity contribution is 5.97. The Kier molecular flexibility index (Phi) is 7.29. The van der Waals surface area contributed by atoms with Crippen molar-refractivity contribution >= 4 is 17.6 Å². The molecule has 0 aliphatic rings. The van der Waals surface area contributed by atoms with E-state index in [0.717, 1.165) is 5.56 Å². The molecular weight excluding hydrogens is 465 g/mol. The molecular formula is C27H24FN3O5. The summed E-state index contributed by atoms with van der Waals surface area (Å²) in [5, 5.41) is 2.55. The number of nitrogens with one attached hydrogen (secondary N) is 1. The molecule has 184 valence electrons. The molecule has 0 saturated heterocycles. The highest BCUT2D eigenvalue weighted by atomic mass is 19.1. The number of ether oxygens (including phenoxy) is 2. The second-order valence-electron chi connectivity index (χ2n) is 7.97.